The molecule has 68 valence electrons. The minimum absolute atomic E-state index is 0.246. The van der Waals surface area contributed by atoms with E-state index in [1.165, 1.54) is 0 Å². The fourth-order valence-electron chi connectivity index (χ4n) is 1.20. The zero-order chi connectivity index (χ0) is 9.97. The molecule has 1 aliphatic carbocycles. The van der Waals surface area contributed by atoms with Gasteiger partial charge in [-0.2, -0.15) is 10.5 Å². The second kappa shape index (κ2) is 3.40. The van der Waals surface area contributed by atoms with E-state index in [1.54, 1.807) is 18.2 Å². The summed E-state index contributed by atoms with van der Waals surface area (Å²) in [5.41, 5.74) is 0.729. The maximum Gasteiger partial charge on any atom is 0.138 e. The summed E-state index contributed by atoms with van der Waals surface area (Å²) in [6.45, 7) is 0. The SMILES string of the molecule is N#Cc1cccc(OC2CC2)c1C#N. The predicted octanol–water partition coefficient (Wildman–Crippen LogP) is 1.97. The smallest absolute Gasteiger partial charge is 0.138 e. The first-order chi connectivity index (χ1) is 6.85. The Bertz CT molecular complexity index is 436. The molecule has 2 rings (SSSR count). The van der Waals surface area contributed by atoms with E-state index in [9.17, 15) is 0 Å². The summed E-state index contributed by atoms with van der Waals surface area (Å²) < 4.78 is 5.52. The molecule has 0 atom stereocenters. The minimum atomic E-state index is 0.246. The van der Waals surface area contributed by atoms with Crippen LogP contribution in [0, 0.1) is 22.7 Å². The van der Waals surface area contributed by atoms with Crippen molar-refractivity contribution in [2.24, 2.45) is 0 Å². The highest BCUT2D eigenvalue weighted by Gasteiger charge is 2.25. The number of nitriles is 2. The third-order valence-electron chi connectivity index (χ3n) is 2.08. The fourth-order valence-corrected chi connectivity index (χ4v) is 1.20. The first kappa shape index (κ1) is 8.59. The van der Waals surface area contributed by atoms with Gasteiger partial charge < -0.3 is 4.74 Å². The van der Waals surface area contributed by atoms with Crippen molar-refractivity contribution in [1.29, 1.82) is 10.5 Å². The monoisotopic (exact) mass is 184 g/mol. The van der Waals surface area contributed by atoms with E-state index >= 15 is 0 Å². The molecular formula is C11H8N2O. The number of benzene rings is 1. The largest absolute Gasteiger partial charge is 0.489 e. The van der Waals surface area contributed by atoms with E-state index in [2.05, 4.69) is 0 Å². The minimum Gasteiger partial charge on any atom is -0.489 e. The van der Waals surface area contributed by atoms with Crippen LogP contribution in [0.15, 0.2) is 18.2 Å². The normalized spacial score (nSPS) is 14.1. The van der Waals surface area contributed by atoms with E-state index < -0.39 is 0 Å². The summed E-state index contributed by atoms with van der Waals surface area (Å²) in [4.78, 5) is 0. The summed E-state index contributed by atoms with van der Waals surface area (Å²) in [6, 6.07) is 9.07. The lowest BCUT2D eigenvalue weighted by Gasteiger charge is -2.06. The highest BCUT2D eigenvalue weighted by Crippen LogP contribution is 2.29. The van der Waals surface area contributed by atoms with Gasteiger partial charge in [0.05, 0.1) is 11.7 Å². The Morgan fingerprint density at radius 2 is 2.00 bits per heavy atom. The molecule has 0 heterocycles. The lowest BCUT2D eigenvalue weighted by molar-refractivity contribution is 0.302. The third-order valence-corrected chi connectivity index (χ3v) is 2.08. The molecule has 1 aromatic rings. The summed E-state index contributed by atoms with van der Waals surface area (Å²) in [6.07, 6.45) is 2.33. The molecule has 1 fully saturated rings. The summed E-state index contributed by atoms with van der Waals surface area (Å²) in [5.74, 6) is 0.536. The van der Waals surface area contributed by atoms with Gasteiger partial charge >= 0.3 is 0 Å². The van der Waals surface area contributed by atoms with Crippen molar-refractivity contribution in [3.63, 3.8) is 0 Å². The van der Waals surface area contributed by atoms with Crippen molar-refractivity contribution in [3.05, 3.63) is 29.3 Å². The molecule has 0 unspecified atom stereocenters. The maximum absolute atomic E-state index is 8.88. The van der Waals surface area contributed by atoms with Crippen molar-refractivity contribution >= 4 is 0 Å². The lowest BCUT2D eigenvalue weighted by atomic mass is 10.1. The highest BCUT2D eigenvalue weighted by molar-refractivity contribution is 5.53. The van der Waals surface area contributed by atoms with Gasteiger partial charge in [-0.25, -0.2) is 0 Å². The van der Waals surface area contributed by atoms with Crippen LogP contribution in [0.1, 0.15) is 24.0 Å². The van der Waals surface area contributed by atoms with Gasteiger partial charge in [-0.3, -0.25) is 0 Å². The summed E-state index contributed by atoms with van der Waals surface area (Å²) in [7, 11) is 0. The van der Waals surface area contributed by atoms with Gasteiger partial charge in [0.15, 0.2) is 0 Å². The highest BCUT2D eigenvalue weighted by atomic mass is 16.5. The van der Waals surface area contributed by atoms with Gasteiger partial charge in [0.25, 0.3) is 0 Å². The molecular weight excluding hydrogens is 176 g/mol. The van der Waals surface area contributed by atoms with Crippen molar-refractivity contribution in [2.75, 3.05) is 0 Å². The number of ether oxygens (including phenoxy) is 1. The van der Waals surface area contributed by atoms with Crippen LogP contribution in [0.5, 0.6) is 5.75 Å². The molecule has 3 nitrogen and oxygen atoms in total. The number of rotatable bonds is 2. The average Bonchev–Trinajstić information content (AvgIpc) is 3.01. The predicted molar refractivity (Wildman–Crippen MR) is 49.5 cm³/mol. The zero-order valence-electron chi connectivity index (χ0n) is 7.53. The molecule has 0 spiro atoms. The van der Waals surface area contributed by atoms with E-state index in [0.29, 0.717) is 16.9 Å². The topological polar surface area (TPSA) is 56.8 Å². The molecule has 0 bridgehead atoms. The van der Waals surface area contributed by atoms with E-state index in [4.69, 9.17) is 15.3 Å². The maximum atomic E-state index is 8.88. The second-order valence-corrected chi connectivity index (χ2v) is 3.22. The molecule has 0 aromatic heterocycles. The number of nitrogens with zero attached hydrogens (tertiary/aromatic N) is 2. The van der Waals surface area contributed by atoms with Gasteiger partial charge in [0.1, 0.15) is 23.5 Å². The van der Waals surface area contributed by atoms with E-state index in [-0.39, 0.29) is 6.10 Å². The van der Waals surface area contributed by atoms with Gasteiger partial charge in [-0.05, 0) is 25.0 Å². The van der Waals surface area contributed by atoms with Crippen molar-refractivity contribution in [1.82, 2.24) is 0 Å². The molecule has 0 amide bonds. The Hall–Kier alpha value is -2.00. The molecule has 0 aliphatic heterocycles. The fraction of sp³-hybridized carbons (Fsp3) is 0.273. The molecule has 3 heteroatoms. The first-order valence-electron chi connectivity index (χ1n) is 4.45. The molecule has 14 heavy (non-hydrogen) atoms. The van der Waals surface area contributed by atoms with Gasteiger partial charge in [-0.1, -0.05) is 6.07 Å². The molecule has 0 N–H and O–H groups in total. The summed E-state index contributed by atoms with van der Waals surface area (Å²) >= 11 is 0. The Morgan fingerprint density at radius 3 is 2.57 bits per heavy atom. The van der Waals surface area contributed by atoms with E-state index in [0.717, 1.165) is 12.8 Å². The second-order valence-electron chi connectivity index (χ2n) is 3.22. The Kier molecular flexibility index (Phi) is 2.08. The van der Waals surface area contributed by atoms with Crippen LogP contribution in [0.4, 0.5) is 0 Å². The molecule has 1 saturated carbocycles. The average molecular weight is 184 g/mol. The van der Waals surface area contributed by atoms with Gasteiger partial charge in [0.2, 0.25) is 0 Å². The molecule has 0 saturated heterocycles. The Labute approximate surface area is 82.1 Å². The van der Waals surface area contributed by atoms with Crippen LogP contribution in [0.25, 0.3) is 0 Å². The van der Waals surface area contributed by atoms with E-state index in [1.807, 2.05) is 12.1 Å². The lowest BCUT2D eigenvalue weighted by Crippen LogP contribution is -1.99. The van der Waals surface area contributed by atoms with Crippen molar-refractivity contribution in [2.45, 2.75) is 18.9 Å². The van der Waals surface area contributed by atoms with Crippen LogP contribution < -0.4 is 4.74 Å². The molecule has 1 aromatic carbocycles. The van der Waals surface area contributed by atoms with Crippen LogP contribution in [0.3, 0.4) is 0 Å². The first-order valence-corrected chi connectivity index (χ1v) is 4.45. The van der Waals surface area contributed by atoms with Crippen LogP contribution >= 0.6 is 0 Å². The Balaban J connectivity index is 2.38. The van der Waals surface area contributed by atoms with Gasteiger partial charge in [-0.15, -0.1) is 0 Å². The van der Waals surface area contributed by atoms with Crippen molar-refractivity contribution < 1.29 is 4.74 Å². The number of hydrogen-bond donors (Lipinski definition) is 0. The van der Waals surface area contributed by atoms with Crippen LogP contribution in [-0.4, -0.2) is 6.10 Å². The Morgan fingerprint density at radius 1 is 1.21 bits per heavy atom. The standard InChI is InChI=1S/C11H8N2O/c12-6-8-2-1-3-11(10(8)7-13)14-9-4-5-9/h1-3,9H,4-5H2. The zero-order valence-corrected chi connectivity index (χ0v) is 7.53. The van der Waals surface area contributed by atoms with Gasteiger partial charge in [0, 0.05) is 0 Å². The summed E-state index contributed by atoms with van der Waals surface area (Å²) in [5, 5.41) is 17.6. The quantitative estimate of drug-likeness (QED) is 0.706. The van der Waals surface area contributed by atoms with Crippen LogP contribution in [-0.2, 0) is 0 Å². The number of hydrogen-bond acceptors (Lipinski definition) is 3. The third kappa shape index (κ3) is 1.53. The van der Waals surface area contributed by atoms with Crippen LogP contribution in [0.2, 0.25) is 0 Å². The molecule has 0 radical (unpaired) electrons. The molecule has 1 aliphatic rings. The van der Waals surface area contributed by atoms with Crippen molar-refractivity contribution in [3.8, 4) is 17.9 Å².